The smallest absolute Gasteiger partial charge is 0.332 e. The van der Waals surface area contributed by atoms with E-state index in [-0.39, 0.29) is 6.29 Å². The van der Waals surface area contributed by atoms with Gasteiger partial charge in [-0.25, -0.2) is 4.79 Å². The Balaban J connectivity index is 3.90. The van der Waals surface area contributed by atoms with Crippen LogP contribution in [-0.4, -0.2) is 51.0 Å². The highest BCUT2D eigenvalue weighted by Gasteiger charge is 2.23. The number of hydrogen-bond donors (Lipinski definition) is 4. The summed E-state index contributed by atoms with van der Waals surface area (Å²) in [5, 5.41) is 34.3. The van der Waals surface area contributed by atoms with Gasteiger partial charge in [-0.15, -0.1) is 0 Å². The second kappa shape index (κ2) is 4.81. The fourth-order valence-corrected chi connectivity index (χ4v) is 0.560. The van der Waals surface area contributed by atoms with Crippen molar-refractivity contribution in [1.29, 1.82) is 0 Å². The summed E-state index contributed by atoms with van der Waals surface area (Å²) in [5.74, 6) is -1.51. The van der Waals surface area contributed by atoms with E-state index in [2.05, 4.69) is 0 Å². The molecule has 6 nitrogen and oxygen atoms in total. The van der Waals surface area contributed by atoms with Crippen LogP contribution in [0.4, 0.5) is 0 Å². The number of carbonyl (C=O) groups is 2. The van der Waals surface area contributed by atoms with Crippen molar-refractivity contribution in [2.24, 2.45) is 0 Å². The maximum absolute atomic E-state index is 10.0. The Labute approximate surface area is 68.1 Å². The second-order valence-corrected chi connectivity index (χ2v) is 2.28. The molecule has 0 heterocycles. The van der Waals surface area contributed by atoms with E-state index in [0.717, 1.165) is 0 Å². The number of aliphatic carboxylic acids is 1. The molecule has 0 radical (unpaired) electrons. The Kier molecular flexibility index (Phi) is 4.42. The van der Waals surface area contributed by atoms with Gasteiger partial charge in [0.25, 0.3) is 0 Å². The number of carboxylic acid groups (broad SMARTS) is 1. The van der Waals surface area contributed by atoms with Gasteiger partial charge in [0.1, 0.15) is 6.10 Å². The number of carbonyl (C=O) groups excluding carboxylic acids is 1. The Hall–Kier alpha value is -0.980. The fraction of sp³-hybridized carbons (Fsp3) is 0.667. The van der Waals surface area contributed by atoms with Crippen molar-refractivity contribution in [1.82, 2.24) is 0 Å². The normalized spacial score (nSPS) is 17.9. The van der Waals surface area contributed by atoms with Crippen molar-refractivity contribution in [2.45, 2.75) is 24.7 Å². The van der Waals surface area contributed by atoms with Gasteiger partial charge >= 0.3 is 5.97 Å². The summed E-state index contributed by atoms with van der Waals surface area (Å²) in [6, 6.07) is 0. The van der Waals surface area contributed by atoms with Gasteiger partial charge in [-0.05, 0) is 0 Å². The van der Waals surface area contributed by atoms with Crippen molar-refractivity contribution >= 4 is 12.3 Å². The van der Waals surface area contributed by atoms with E-state index >= 15 is 0 Å². The quantitative estimate of drug-likeness (QED) is 0.353. The Morgan fingerprint density at radius 1 is 1.33 bits per heavy atom. The highest BCUT2D eigenvalue weighted by molar-refractivity contribution is 5.72. The SMILES string of the molecule is O=CC(O)C(O)CC(O)C(=O)O. The van der Waals surface area contributed by atoms with Crippen LogP contribution in [0.25, 0.3) is 0 Å². The Morgan fingerprint density at radius 2 is 1.83 bits per heavy atom. The summed E-state index contributed by atoms with van der Waals surface area (Å²) >= 11 is 0. The molecule has 0 amide bonds. The third-order valence-corrected chi connectivity index (χ3v) is 1.28. The van der Waals surface area contributed by atoms with Crippen molar-refractivity contribution in [2.75, 3.05) is 0 Å². The molecule has 3 atom stereocenters. The van der Waals surface area contributed by atoms with Gasteiger partial charge in [0, 0.05) is 6.42 Å². The highest BCUT2D eigenvalue weighted by Crippen LogP contribution is 2.01. The lowest BCUT2D eigenvalue weighted by atomic mass is 10.1. The van der Waals surface area contributed by atoms with Crippen LogP contribution in [0.15, 0.2) is 0 Å². The summed E-state index contributed by atoms with van der Waals surface area (Å²) in [7, 11) is 0. The summed E-state index contributed by atoms with van der Waals surface area (Å²) in [6.45, 7) is 0. The largest absolute Gasteiger partial charge is 0.479 e. The molecule has 4 N–H and O–H groups in total. The van der Waals surface area contributed by atoms with Gasteiger partial charge in [0.05, 0.1) is 6.10 Å². The maximum atomic E-state index is 10.0. The van der Waals surface area contributed by atoms with Crippen LogP contribution in [0, 0.1) is 0 Å². The van der Waals surface area contributed by atoms with Crippen LogP contribution >= 0.6 is 0 Å². The zero-order valence-electron chi connectivity index (χ0n) is 6.12. The first-order valence-electron chi connectivity index (χ1n) is 3.21. The van der Waals surface area contributed by atoms with Gasteiger partial charge in [0.2, 0.25) is 0 Å². The van der Waals surface area contributed by atoms with Crippen molar-refractivity contribution in [3.63, 3.8) is 0 Å². The highest BCUT2D eigenvalue weighted by atomic mass is 16.4. The van der Waals surface area contributed by atoms with Gasteiger partial charge in [-0.2, -0.15) is 0 Å². The minimum absolute atomic E-state index is 0.0687. The topological polar surface area (TPSA) is 115 Å². The molecule has 0 rings (SSSR count). The molecule has 3 unspecified atom stereocenters. The lowest BCUT2D eigenvalue weighted by molar-refractivity contribution is -0.149. The van der Waals surface area contributed by atoms with E-state index < -0.39 is 30.7 Å². The molecule has 12 heavy (non-hydrogen) atoms. The Morgan fingerprint density at radius 3 is 2.17 bits per heavy atom. The number of aldehydes is 1. The van der Waals surface area contributed by atoms with Crippen LogP contribution in [0.5, 0.6) is 0 Å². The molecule has 0 aliphatic rings. The zero-order valence-corrected chi connectivity index (χ0v) is 6.12. The molecule has 0 fully saturated rings. The average Bonchev–Trinajstić information content (AvgIpc) is 2.02. The molecular formula is C6H10O6. The molecule has 6 heteroatoms. The first kappa shape index (κ1) is 11.0. The lowest BCUT2D eigenvalue weighted by Crippen LogP contribution is -2.34. The predicted molar refractivity (Wildman–Crippen MR) is 36.3 cm³/mol. The number of aliphatic hydroxyl groups excluding tert-OH is 3. The fourth-order valence-electron chi connectivity index (χ4n) is 0.560. The van der Waals surface area contributed by atoms with Crippen LogP contribution in [0.2, 0.25) is 0 Å². The third kappa shape index (κ3) is 3.42. The maximum Gasteiger partial charge on any atom is 0.332 e. The predicted octanol–water partition coefficient (Wildman–Crippen LogP) is -2.26. The van der Waals surface area contributed by atoms with Crippen molar-refractivity contribution < 1.29 is 30.0 Å². The van der Waals surface area contributed by atoms with Crippen LogP contribution in [-0.2, 0) is 9.59 Å². The summed E-state index contributed by atoms with van der Waals surface area (Å²) in [4.78, 5) is 19.9. The van der Waals surface area contributed by atoms with E-state index in [1.54, 1.807) is 0 Å². The van der Waals surface area contributed by atoms with Gasteiger partial charge in [-0.1, -0.05) is 0 Å². The van der Waals surface area contributed by atoms with Crippen LogP contribution < -0.4 is 0 Å². The molecule has 0 aromatic heterocycles. The second-order valence-electron chi connectivity index (χ2n) is 2.28. The molecule has 0 saturated carbocycles. The summed E-state index contributed by atoms with van der Waals surface area (Å²) in [6.07, 6.45) is -5.48. The van der Waals surface area contributed by atoms with Gasteiger partial charge in [0.15, 0.2) is 12.4 Å². The summed E-state index contributed by atoms with van der Waals surface area (Å²) < 4.78 is 0. The van der Waals surface area contributed by atoms with Crippen LogP contribution in [0.1, 0.15) is 6.42 Å². The molecule has 0 aromatic rings. The minimum Gasteiger partial charge on any atom is -0.479 e. The summed E-state index contributed by atoms with van der Waals surface area (Å²) in [5.41, 5.74) is 0. The van der Waals surface area contributed by atoms with E-state index in [1.807, 2.05) is 0 Å². The van der Waals surface area contributed by atoms with Crippen molar-refractivity contribution in [3.05, 3.63) is 0 Å². The number of hydrogen-bond acceptors (Lipinski definition) is 5. The van der Waals surface area contributed by atoms with E-state index in [9.17, 15) is 9.59 Å². The molecule has 0 aliphatic carbocycles. The molecule has 0 bridgehead atoms. The number of carboxylic acids is 1. The number of aliphatic hydroxyl groups is 3. The first-order chi connectivity index (χ1) is 5.49. The number of rotatable bonds is 5. The van der Waals surface area contributed by atoms with Gasteiger partial charge < -0.3 is 25.2 Å². The molecular weight excluding hydrogens is 168 g/mol. The Bertz CT molecular complexity index is 167. The molecule has 0 aromatic carbocycles. The van der Waals surface area contributed by atoms with Crippen LogP contribution in [0.3, 0.4) is 0 Å². The van der Waals surface area contributed by atoms with Crippen molar-refractivity contribution in [3.8, 4) is 0 Å². The molecule has 70 valence electrons. The van der Waals surface area contributed by atoms with E-state index in [0.29, 0.717) is 0 Å². The standard InChI is InChI=1S/C6H10O6/c7-2-5(10)3(8)1-4(9)6(11)12/h2-5,8-10H,1H2,(H,11,12). The van der Waals surface area contributed by atoms with E-state index in [1.165, 1.54) is 0 Å². The molecule has 0 saturated heterocycles. The lowest BCUT2D eigenvalue weighted by Gasteiger charge is -2.13. The van der Waals surface area contributed by atoms with Gasteiger partial charge in [-0.3, -0.25) is 0 Å². The molecule has 0 aliphatic heterocycles. The molecule has 0 spiro atoms. The first-order valence-corrected chi connectivity index (χ1v) is 3.21. The van der Waals surface area contributed by atoms with E-state index in [4.69, 9.17) is 20.4 Å². The monoisotopic (exact) mass is 178 g/mol. The zero-order chi connectivity index (χ0) is 9.72. The average molecular weight is 178 g/mol. The minimum atomic E-state index is -1.77. The third-order valence-electron chi connectivity index (χ3n) is 1.28.